The zero-order valence-corrected chi connectivity index (χ0v) is 12.9. The third-order valence-corrected chi connectivity index (χ3v) is 4.03. The molecule has 0 radical (unpaired) electrons. The minimum absolute atomic E-state index is 0.0432. The zero-order chi connectivity index (χ0) is 14.7. The topological polar surface area (TPSA) is 69.0 Å². The third kappa shape index (κ3) is 2.73. The van der Waals surface area contributed by atoms with Crippen LogP contribution >= 0.6 is 11.3 Å². The number of ether oxygens (including phenoxy) is 1. The van der Waals surface area contributed by atoms with Crippen molar-refractivity contribution in [3.63, 3.8) is 0 Å². The Morgan fingerprint density at radius 2 is 2.15 bits per heavy atom. The number of aryl methyl sites for hydroxylation is 2. The lowest BCUT2D eigenvalue weighted by Crippen LogP contribution is -2.26. The summed E-state index contributed by atoms with van der Waals surface area (Å²) in [6.45, 7) is 4.88. The van der Waals surface area contributed by atoms with Crippen LogP contribution in [0.2, 0.25) is 0 Å². The lowest BCUT2D eigenvalue weighted by atomic mass is 10.1. The van der Waals surface area contributed by atoms with Gasteiger partial charge in [0.05, 0.1) is 12.2 Å². The first-order valence-corrected chi connectivity index (χ1v) is 7.11. The molecule has 2 aromatic rings. The molecule has 2 aromatic heterocycles. The van der Waals surface area contributed by atoms with Crippen LogP contribution < -0.4 is 10.9 Å². The molecule has 0 bridgehead atoms. The molecule has 0 aliphatic rings. The van der Waals surface area contributed by atoms with Gasteiger partial charge in [0.2, 0.25) is 5.13 Å². The number of hydrogen-bond acceptors (Lipinski definition) is 6. The standard InChI is InChI=1S/C13H18N4O2S/c1-8-7-9(2)17(5-6-19-4)12(18)10(8)11-15-16-13(14-3)20-11/h7H,5-6H2,1-4H3,(H,14,16). The van der Waals surface area contributed by atoms with E-state index >= 15 is 0 Å². The molecule has 0 spiro atoms. The molecule has 0 saturated heterocycles. The van der Waals surface area contributed by atoms with Crippen LogP contribution in [0.1, 0.15) is 11.3 Å². The van der Waals surface area contributed by atoms with Gasteiger partial charge in [-0.3, -0.25) is 4.79 Å². The summed E-state index contributed by atoms with van der Waals surface area (Å²) >= 11 is 1.37. The summed E-state index contributed by atoms with van der Waals surface area (Å²) in [6, 6.07) is 1.99. The van der Waals surface area contributed by atoms with Crippen molar-refractivity contribution in [2.75, 3.05) is 26.1 Å². The van der Waals surface area contributed by atoms with Gasteiger partial charge in [-0.15, -0.1) is 10.2 Å². The van der Waals surface area contributed by atoms with Gasteiger partial charge in [0, 0.05) is 26.4 Å². The van der Waals surface area contributed by atoms with Gasteiger partial charge < -0.3 is 14.6 Å². The molecular formula is C13H18N4O2S. The van der Waals surface area contributed by atoms with Crippen LogP contribution in [0, 0.1) is 13.8 Å². The van der Waals surface area contributed by atoms with E-state index in [0.29, 0.717) is 28.9 Å². The second-order valence-corrected chi connectivity index (χ2v) is 5.43. The van der Waals surface area contributed by atoms with Crippen molar-refractivity contribution < 1.29 is 4.74 Å². The quantitative estimate of drug-likeness (QED) is 0.908. The number of pyridine rings is 1. The van der Waals surface area contributed by atoms with Crippen molar-refractivity contribution in [2.24, 2.45) is 0 Å². The second-order valence-electron chi connectivity index (χ2n) is 4.46. The molecule has 1 N–H and O–H groups in total. The molecule has 20 heavy (non-hydrogen) atoms. The lowest BCUT2D eigenvalue weighted by Gasteiger charge is -2.12. The van der Waals surface area contributed by atoms with Crippen LogP contribution in [0.25, 0.3) is 10.6 Å². The molecule has 108 valence electrons. The number of aromatic nitrogens is 3. The maximum atomic E-state index is 12.6. The van der Waals surface area contributed by atoms with Crippen LogP contribution in [-0.2, 0) is 11.3 Å². The summed E-state index contributed by atoms with van der Waals surface area (Å²) in [6.07, 6.45) is 0. The highest BCUT2D eigenvalue weighted by Crippen LogP contribution is 2.26. The molecular weight excluding hydrogens is 276 g/mol. The molecule has 0 fully saturated rings. The Balaban J connectivity index is 2.55. The van der Waals surface area contributed by atoms with Crippen LogP contribution in [0.15, 0.2) is 10.9 Å². The summed E-state index contributed by atoms with van der Waals surface area (Å²) in [5, 5.41) is 12.4. The van der Waals surface area contributed by atoms with Gasteiger partial charge in [0.1, 0.15) is 0 Å². The molecule has 0 unspecified atom stereocenters. The summed E-state index contributed by atoms with van der Waals surface area (Å²) in [5.74, 6) is 0. The SMILES string of the molecule is CNc1nnc(-c2c(C)cc(C)n(CCOC)c2=O)s1. The minimum atomic E-state index is -0.0432. The van der Waals surface area contributed by atoms with Gasteiger partial charge in [-0.05, 0) is 25.5 Å². The highest BCUT2D eigenvalue weighted by molar-refractivity contribution is 7.18. The van der Waals surface area contributed by atoms with Crippen LogP contribution in [0.4, 0.5) is 5.13 Å². The molecule has 0 saturated carbocycles. The van der Waals surface area contributed by atoms with Crippen LogP contribution in [0.3, 0.4) is 0 Å². The maximum absolute atomic E-state index is 12.6. The number of nitrogens with zero attached hydrogens (tertiary/aromatic N) is 3. The molecule has 2 heterocycles. The summed E-state index contributed by atoms with van der Waals surface area (Å²) in [4.78, 5) is 12.6. The Morgan fingerprint density at radius 1 is 1.40 bits per heavy atom. The van der Waals surface area contributed by atoms with Crippen LogP contribution in [0.5, 0.6) is 0 Å². The van der Waals surface area contributed by atoms with E-state index in [0.717, 1.165) is 11.3 Å². The molecule has 0 aliphatic heterocycles. The monoisotopic (exact) mass is 294 g/mol. The first kappa shape index (κ1) is 14.7. The summed E-state index contributed by atoms with van der Waals surface area (Å²) in [7, 11) is 3.41. The average molecular weight is 294 g/mol. The Morgan fingerprint density at radius 3 is 2.75 bits per heavy atom. The minimum Gasteiger partial charge on any atom is -0.383 e. The first-order chi connectivity index (χ1) is 9.58. The highest BCUT2D eigenvalue weighted by atomic mass is 32.1. The van der Waals surface area contributed by atoms with Crippen molar-refractivity contribution in [1.82, 2.24) is 14.8 Å². The van der Waals surface area contributed by atoms with Crippen molar-refractivity contribution in [1.29, 1.82) is 0 Å². The summed E-state index contributed by atoms with van der Waals surface area (Å²) in [5.41, 5.74) is 2.41. The van der Waals surface area contributed by atoms with E-state index in [1.807, 2.05) is 19.9 Å². The van der Waals surface area contributed by atoms with E-state index in [-0.39, 0.29) is 5.56 Å². The first-order valence-electron chi connectivity index (χ1n) is 6.30. The van der Waals surface area contributed by atoms with E-state index in [1.165, 1.54) is 11.3 Å². The van der Waals surface area contributed by atoms with Crippen LogP contribution in [-0.4, -0.2) is 35.5 Å². The molecule has 7 heteroatoms. The molecule has 2 rings (SSSR count). The van der Waals surface area contributed by atoms with Crippen molar-refractivity contribution in [3.8, 4) is 10.6 Å². The fourth-order valence-corrected chi connectivity index (χ4v) is 2.87. The molecule has 0 atom stereocenters. The van der Waals surface area contributed by atoms with Gasteiger partial charge in [0.25, 0.3) is 5.56 Å². The Bertz CT molecular complexity index is 663. The van der Waals surface area contributed by atoms with E-state index in [1.54, 1.807) is 18.7 Å². The smallest absolute Gasteiger partial charge is 0.261 e. The van der Waals surface area contributed by atoms with E-state index in [9.17, 15) is 4.79 Å². The Kier molecular flexibility index (Phi) is 4.51. The number of rotatable bonds is 5. The fraction of sp³-hybridized carbons (Fsp3) is 0.462. The van der Waals surface area contributed by atoms with Crippen molar-refractivity contribution in [2.45, 2.75) is 20.4 Å². The number of nitrogens with one attached hydrogen (secondary N) is 1. The number of anilines is 1. The second kappa shape index (κ2) is 6.15. The van der Waals surface area contributed by atoms with E-state index in [4.69, 9.17) is 4.74 Å². The molecule has 6 nitrogen and oxygen atoms in total. The van der Waals surface area contributed by atoms with E-state index < -0.39 is 0 Å². The molecule has 0 aliphatic carbocycles. The Labute approximate surface area is 121 Å². The number of methoxy groups -OCH3 is 1. The third-order valence-electron chi connectivity index (χ3n) is 3.08. The maximum Gasteiger partial charge on any atom is 0.261 e. The number of hydrogen-bond donors (Lipinski definition) is 1. The molecule has 0 amide bonds. The predicted molar refractivity (Wildman–Crippen MR) is 80.5 cm³/mol. The lowest BCUT2D eigenvalue weighted by molar-refractivity contribution is 0.185. The van der Waals surface area contributed by atoms with Gasteiger partial charge in [-0.25, -0.2) is 0 Å². The zero-order valence-electron chi connectivity index (χ0n) is 12.1. The van der Waals surface area contributed by atoms with Crippen molar-refractivity contribution in [3.05, 3.63) is 27.7 Å². The fourth-order valence-electron chi connectivity index (χ4n) is 2.07. The van der Waals surface area contributed by atoms with E-state index in [2.05, 4.69) is 15.5 Å². The largest absolute Gasteiger partial charge is 0.383 e. The van der Waals surface area contributed by atoms with Gasteiger partial charge in [-0.1, -0.05) is 11.3 Å². The highest BCUT2D eigenvalue weighted by Gasteiger charge is 2.16. The van der Waals surface area contributed by atoms with Gasteiger partial charge in [0.15, 0.2) is 5.01 Å². The normalized spacial score (nSPS) is 10.8. The predicted octanol–water partition coefficient (Wildman–Crippen LogP) is 1.67. The van der Waals surface area contributed by atoms with Crippen molar-refractivity contribution >= 4 is 16.5 Å². The average Bonchev–Trinajstić information content (AvgIpc) is 2.87. The summed E-state index contributed by atoms with van der Waals surface area (Å²) < 4.78 is 6.77. The molecule has 0 aromatic carbocycles. The Hall–Kier alpha value is -1.73. The van der Waals surface area contributed by atoms with Gasteiger partial charge in [-0.2, -0.15) is 0 Å². The van der Waals surface area contributed by atoms with Gasteiger partial charge >= 0.3 is 0 Å².